The van der Waals surface area contributed by atoms with Crippen molar-refractivity contribution in [1.82, 2.24) is 5.32 Å². The van der Waals surface area contributed by atoms with Crippen molar-refractivity contribution in [3.05, 3.63) is 33.9 Å². The van der Waals surface area contributed by atoms with Crippen LogP contribution in [0.2, 0.25) is 0 Å². The molecule has 0 aliphatic carbocycles. The summed E-state index contributed by atoms with van der Waals surface area (Å²) in [6.07, 6.45) is 2.32. The smallest absolute Gasteiger partial charge is 0.283 e. The van der Waals surface area contributed by atoms with Crippen LogP contribution in [0.5, 0.6) is 0 Å². The van der Waals surface area contributed by atoms with Crippen LogP contribution in [-0.4, -0.2) is 35.3 Å². The number of aliphatic hydroxyl groups excluding tert-OH is 1. The van der Waals surface area contributed by atoms with Gasteiger partial charge in [-0.1, -0.05) is 13.8 Å². The SMILES string of the molecule is CSc1ccc(C(=O)NCC(C)(C)CCO)cc1[N+](=O)[O-]. The average molecular weight is 312 g/mol. The van der Waals surface area contributed by atoms with E-state index in [1.54, 1.807) is 18.4 Å². The van der Waals surface area contributed by atoms with E-state index in [1.807, 2.05) is 13.8 Å². The first kappa shape index (κ1) is 17.5. The van der Waals surface area contributed by atoms with Gasteiger partial charge in [-0.3, -0.25) is 14.9 Å². The fourth-order valence-corrected chi connectivity index (χ4v) is 2.33. The molecule has 2 N–H and O–H groups in total. The molecular weight excluding hydrogens is 292 g/mol. The lowest BCUT2D eigenvalue weighted by Crippen LogP contribution is -2.34. The Morgan fingerprint density at radius 3 is 2.67 bits per heavy atom. The standard InChI is InChI=1S/C14H20N2O4S/c1-14(2,6-7-17)9-15-13(18)10-4-5-12(21-3)11(8-10)16(19)20/h4-5,8,17H,6-7,9H2,1-3H3,(H,15,18). The summed E-state index contributed by atoms with van der Waals surface area (Å²) >= 11 is 1.27. The number of thioether (sulfide) groups is 1. The van der Waals surface area contributed by atoms with Crippen molar-refractivity contribution in [2.24, 2.45) is 5.41 Å². The van der Waals surface area contributed by atoms with E-state index in [-0.39, 0.29) is 29.2 Å². The Morgan fingerprint density at radius 1 is 1.48 bits per heavy atom. The van der Waals surface area contributed by atoms with E-state index in [1.165, 1.54) is 17.8 Å². The minimum atomic E-state index is -0.488. The predicted octanol–water partition coefficient (Wildman–Crippen LogP) is 2.46. The first-order valence-electron chi connectivity index (χ1n) is 6.52. The number of rotatable bonds is 7. The number of benzene rings is 1. The Kier molecular flexibility index (Phi) is 6.17. The average Bonchev–Trinajstić information content (AvgIpc) is 2.44. The van der Waals surface area contributed by atoms with Gasteiger partial charge < -0.3 is 10.4 Å². The molecule has 7 heteroatoms. The maximum atomic E-state index is 12.1. The van der Waals surface area contributed by atoms with E-state index in [0.29, 0.717) is 17.9 Å². The largest absolute Gasteiger partial charge is 0.396 e. The Hall–Kier alpha value is -1.60. The van der Waals surface area contributed by atoms with Crippen LogP contribution in [0.1, 0.15) is 30.6 Å². The van der Waals surface area contributed by atoms with Gasteiger partial charge in [0.25, 0.3) is 11.6 Å². The summed E-state index contributed by atoms with van der Waals surface area (Å²) in [5.41, 5.74) is -0.0284. The van der Waals surface area contributed by atoms with Crippen molar-refractivity contribution >= 4 is 23.4 Å². The molecule has 0 saturated heterocycles. The van der Waals surface area contributed by atoms with Crippen molar-refractivity contribution in [2.45, 2.75) is 25.2 Å². The Morgan fingerprint density at radius 2 is 2.14 bits per heavy atom. The van der Waals surface area contributed by atoms with Gasteiger partial charge in [0.15, 0.2) is 0 Å². The van der Waals surface area contributed by atoms with Crippen LogP contribution in [0.15, 0.2) is 23.1 Å². The highest BCUT2D eigenvalue weighted by Crippen LogP contribution is 2.28. The topological polar surface area (TPSA) is 92.5 Å². The molecule has 1 rings (SSSR count). The van der Waals surface area contributed by atoms with E-state index < -0.39 is 4.92 Å². The van der Waals surface area contributed by atoms with Crippen LogP contribution in [0.4, 0.5) is 5.69 Å². The lowest BCUT2D eigenvalue weighted by molar-refractivity contribution is -0.387. The van der Waals surface area contributed by atoms with Crippen LogP contribution in [0.25, 0.3) is 0 Å². The Bertz CT molecular complexity index is 532. The number of nitro benzene ring substituents is 1. The van der Waals surface area contributed by atoms with E-state index in [0.717, 1.165) is 0 Å². The Balaban J connectivity index is 2.84. The van der Waals surface area contributed by atoms with Crippen LogP contribution >= 0.6 is 11.8 Å². The van der Waals surface area contributed by atoms with Crippen LogP contribution in [0, 0.1) is 15.5 Å². The first-order valence-corrected chi connectivity index (χ1v) is 7.74. The highest BCUT2D eigenvalue weighted by molar-refractivity contribution is 7.98. The third-order valence-electron chi connectivity index (χ3n) is 3.15. The van der Waals surface area contributed by atoms with Crippen molar-refractivity contribution in [3.8, 4) is 0 Å². The van der Waals surface area contributed by atoms with Crippen molar-refractivity contribution in [2.75, 3.05) is 19.4 Å². The number of aliphatic hydroxyl groups is 1. The minimum absolute atomic E-state index is 0.0523. The summed E-state index contributed by atoms with van der Waals surface area (Å²) in [6, 6.07) is 4.45. The number of nitrogens with one attached hydrogen (secondary N) is 1. The lowest BCUT2D eigenvalue weighted by atomic mass is 9.89. The number of nitrogens with zero attached hydrogens (tertiary/aromatic N) is 1. The molecule has 116 valence electrons. The van der Waals surface area contributed by atoms with Crippen molar-refractivity contribution < 1.29 is 14.8 Å². The summed E-state index contributed by atoms with van der Waals surface area (Å²) in [5, 5.41) is 22.7. The summed E-state index contributed by atoms with van der Waals surface area (Å²) in [4.78, 5) is 23.1. The summed E-state index contributed by atoms with van der Waals surface area (Å²) in [6.45, 7) is 4.31. The normalized spacial score (nSPS) is 11.2. The maximum absolute atomic E-state index is 12.1. The zero-order valence-corrected chi connectivity index (χ0v) is 13.2. The zero-order chi connectivity index (χ0) is 16.0. The highest BCUT2D eigenvalue weighted by Gasteiger charge is 2.20. The number of carbonyl (C=O) groups excluding carboxylic acids is 1. The molecule has 21 heavy (non-hydrogen) atoms. The van der Waals surface area contributed by atoms with Gasteiger partial charge in [-0.25, -0.2) is 0 Å². The minimum Gasteiger partial charge on any atom is -0.396 e. The summed E-state index contributed by atoms with van der Waals surface area (Å²) in [7, 11) is 0. The highest BCUT2D eigenvalue weighted by atomic mass is 32.2. The van der Waals surface area contributed by atoms with Gasteiger partial charge in [0, 0.05) is 24.8 Å². The molecule has 0 spiro atoms. The van der Waals surface area contributed by atoms with Crippen molar-refractivity contribution in [1.29, 1.82) is 0 Å². The van der Waals surface area contributed by atoms with Crippen LogP contribution in [0.3, 0.4) is 0 Å². The van der Waals surface area contributed by atoms with Gasteiger partial charge in [-0.15, -0.1) is 11.8 Å². The third-order valence-corrected chi connectivity index (χ3v) is 3.94. The number of carbonyl (C=O) groups is 1. The molecule has 1 aromatic rings. The number of amides is 1. The summed E-state index contributed by atoms with van der Waals surface area (Å²) < 4.78 is 0. The van der Waals surface area contributed by atoms with Gasteiger partial charge in [0.2, 0.25) is 0 Å². The maximum Gasteiger partial charge on any atom is 0.283 e. The molecule has 6 nitrogen and oxygen atoms in total. The number of hydrogen-bond acceptors (Lipinski definition) is 5. The molecule has 0 unspecified atom stereocenters. The van der Waals surface area contributed by atoms with Gasteiger partial charge in [0.1, 0.15) is 0 Å². The van der Waals surface area contributed by atoms with Gasteiger partial charge in [-0.2, -0.15) is 0 Å². The molecule has 0 aliphatic heterocycles. The monoisotopic (exact) mass is 312 g/mol. The van der Waals surface area contributed by atoms with E-state index in [9.17, 15) is 14.9 Å². The van der Waals surface area contributed by atoms with Gasteiger partial charge in [-0.05, 0) is 30.2 Å². The Labute approximate surface area is 128 Å². The molecule has 0 saturated carbocycles. The summed E-state index contributed by atoms with van der Waals surface area (Å²) in [5.74, 6) is -0.350. The molecule has 0 atom stereocenters. The predicted molar refractivity (Wildman–Crippen MR) is 82.7 cm³/mol. The molecule has 0 aliphatic rings. The second-order valence-corrected chi connectivity index (χ2v) is 6.31. The van der Waals surface area contributed by atoms with Crippen LogP contribution < -0.4 is 5.32 Å². The number of hydrogen-bond donors (Lipinski definition) is 2. The van der Waals surface area contributed by atoms with E-state index in [2.05, 4.69) is 5.32 Å². The molecule has 0 aromatic heterocycles. The molecule has 1 aromatic carbocycles. The molecule has 0 bridgehead atoms. The van der Waals surface area contributed by atoms with Crippen LogP contribution in [-0.2, 0) is 0 Å². The fraction of sp³-hybridized carbons (Fsp3) is 0.500. The second kappa shape index (κ2) is 7.42. The number of nitro groups is 1. The first-order chi connectivity index (χ1) is 9.80. The molecule has 0 radical (unpaired) electrons. The van der Waals surface area contributed by atoms with Crippen molar-refractivity contribution in [3.63, 3.8) is 0 Å². The third kappa shape index (κ3) is 5.02. The molecular formula is C14H20N2O4S. The quantitative estimate of drug-likeness (QED) is 0.458. The lowest BCUT2D eigenvalue weighted by Gasteiger charge is -2.23. The molecule has 0 heterocycles. The zero-order valence-electron chi connectivity index (χ0n) is 12.4. The second-order valence-electron chi connectivity index (χ2n) is 5.46. The van der Waals surface area contributed by atoms with E-state index >= 15 is 0 Å². The molecule has 0 fully saturated rings. The van der Waals surface area contributed by atoms with Gasteiger partial charge in [0.05, 0.1) is 9.82 Å². The van der Waals surface area contributed by atoms with E-state index in [4.69, 9.17) is 5.11 Å². The fourth-order valence-electron chi connectivity index (χ4n) is 1.79. The van der Waals surface area contributed by atoms with Gasteiger partial charge >= 0.3 is 0 Å². The molecule has 1 amide bonds.